The van der Waals surface area contributed by atoms with Gasteiger partial charge in [0.25, 0.3) is 0 Å². The summed E-state index contributed by atoms with van der Waals surface area (Å²) in [5.41, 5.74) is 0. The molecule has 1 nitrogen and oxygen atoms in total. The molecule has 1 heterocycles. The molecule has 0 aromatic rings. The Hall–Kier alpha value is -0.0400. The molecule has 50 valence electrons. The summed E-state index contributed by atoms with van der Waals surface area (Å²) in [5.74, 6) is 0.925. The van der Waals surface area contributed by atoms with Crippen molar-refractivity contribution in [1.82, 2.24) is 5.32 Å². The Morgan fingerprint density at radius 1 is 1.50 bits per heavy atom. The van der Waals surface area contributed by atoms with Crippen LogP contribution in [0.2, 0.25) is 0 Å². The topological polar surface area (TPSA) is 12.0 Å². The molecule has 0 saturated carbocycles. The van der Waals surface area contributed by atoms with Crippen LogP contribution in [0.4, 0.5) is 0 Å². The van der Waals surface area contributed by atoms with Crippen molar-refractivity contribution in [2.45, 2.75) is 27.2 Å². The molecule has 0 aromatic heterocycles. The largest absolute Gasteiger partial charge is 0.316 e. The molecule has 8 heavy (non-hydrogen) atoms. The Labute approximate surface area is 52.5 Å². The monoisotopic (exact) mass is 115 g/mol. The minimum Gasteiger partial charge on any atom is -0.316 e. The lowest BCUT2D eigenvalue weighted by Gasteiger charge is -2.17. The van der Waals surface area contributed by atoms with Gasteiger partial charge in [0.2, 0.25) is 0 Å². The summed E-state index contributed by atoms with van der Waals surface area (Å²) in [6.07, 6.45) is 2.80. The summed E-state index contributed by atoms with van der Waals surface area (Å²) < 4.78 is 0. The Morgan fingerprint density at radius 2 is 2.25 bits per heavy atom. The third kappa shape index (κ3) is 2.31. The summed E-state index contributed by atoms with van der Waals surface area (Å²) in [7, 11) is 0. The molecule has 0 radical (unpaired) electrons. The van der Waals surface area contributed by atoms with Crippen LogP contribution in [0.5, 0.6) is 0 Å². The molecule has 0 amide bonds. The molecule has 1 unspecified atom stereocenters. The van der Waals surface area contributed by atoms with Crippen LogP contribution in [0.25, 0.3) is 0 Å². The van der Waals surface area contributed by atoms with Gasteiger partial charge in [0.15, 0.2) is 0 Å². The maximum Gasteiger partial charge on any atom is -0.00231 e. The van der Waals surface area contributed by atoms with Gasteiger partial charge in [-0.1, -0.05) is 14.4 Å². The quantitative estimate of drug-likeness (QED) is 0.506. The van der Waals surface area contributed by atoms with Gasteiger partial charge in [-0.15, -0.1) is 0 Å². The molecule has 1 atom stereocenters. The fourth-order valence-corrected chi connectivity index (χ4v) is 1.03. The van der Waals surface area contributed by atoms with Crippen LogP contribution in [-0.4, -0.2) is 13.1 Å². The van der Waals surface area contributed by atoms with E-state index in [4.69, 9.17) is 0 Å². The van der Waals surface area contributed by atoms with E-state index in [9.17, 15) is 0 Å². The second kappa shape index (κ2) is 3.90. The molecular weight excluding hydrogens is 98.1 g/mol. The molecule has 1 rings (SSSR count). The minimum atomic E-state index is 0. The van der Waals surface area contributed by atoms with E-state index in [-0.39, 0.29) is 7.43 Å². The van der Waals surface area contributed by atoms with Crippen molar-refractivity contribution in [3.63, 3.8) is 0 Å². The molecule has 0 bridgehead atoms. The fraction of sp³-hybridized carbons (Fsp3) is 1.00. The summed E-state index contributed by atoms with van der Waals surface area (Å²) >= 11 is 0. The molecule has 0 spiro atoms. The highest BCUT2D eigenvalue weighted by Gasteiger charge is 2.04. The average molecular weight is 115 g/mol. The van der Waals surface area contributed by atoms with Crippen molar-refractivity contribution in [3.05, 3.63) is 0 Å². The number of piperidine rings is 1. The van der Waals surface area contributed by atoms with Crippen molar-refractivity contribution in [1.29, 1.82) is 0 Å². The maximum atomic E-state index is 3.33. The lowest BCUT2D eigenvalue weighted by Crippen LogP contribution is -2.27. The first-order valence-corrected chi connectivity index (χ1v) is 3.10. The Bertz CT molecular complexity index is 46.3. The van der Waals surface area contributed by atoms with Crippen LogP contribution in [0, 0.1) is 5.92 Å². The van der Waals surface area contributed by atoms with E-state index in [1.807, 2.05) is 0 Å². The van der Waals surface area contributed by atoms with Crippen molar-refractivity contribution >= 4 is 0 Å². The van der Waals surface area contributed by atoms with E-state index in [0.29, 0.717) is 0 Å². The molecule has 1 heteroatoms. The third-order valence-electron chi connectivity index (χ3n) is 1.54. The van der Waals surface area contributed by atoms with Gasteiger partial charge in [0.1, 0.15) is 0 Å². The highest BCUT2D eigenvalue weighted by molar-refractivity contribution is 4.63. The molecule has 1 N–H and O–H groups in total. The Morgan fingerprint density at radius 3 is 2.50 bits per heavy atom. The van der Waals surface area contributed by atoms with E-state index in [0.717, 1.165) is 5.92 Å². The van der Waals surface area contributed by atoms with Crippen LogP contribution in [-0.2, 0) is 0 Å². The highest BCUT2D eigenvalue weighted by atomic mass is 14.9. The summed E-state index contributed by atoms with van der Waals surface area (Å²) in [6.45, 7) is 4.77. The van der Waals surface area contributed by atoms with Crippen molar-refractivity contribution in [2.24, 2.45) is 5.92 Å². The zero-order valence-corrected chi connectivity index (χ0v) is 4.91. The van der Waals surface area contributed by atoms with Crippen LogP contribution >= 0.6 is 0 Å². The zero-order chi connectivity index (χ0) is 5.11. The molecule has 1 aliphatic heterocycles. The minimum absolute atomic E-state index is 0. The van der Waals surface area contributed by atoms with Crippen molar-refractivity contribution < 1.29 is 0 Å². The van der Waals surface area contributed by atoms with Gasteiger partial charge in [-0.25, -0.2) is 0 Å². The van der Waals surface area contributed by atoms with Crippen LogP contribution < -0.4 is 5.32 Å². The zero-order valence-electron chi connectivity index (χ0n) is 4.91. The lowest BCUT2D eigenvalue weighted by molar-refractivity contribution is 0.405. The third-order valence-corrected chi connectivity index (χ3v) is 1.54. The van der Waals surface area contributed by atoms with E-state index in [2.05, 4.69) is 12.2 Å². The Kier molecular flexibility index (Phi) is 3.88. The van der Waals surface area contributed by atoms with E-state index in [1.165, 1.54) is 25.9 Å². The fourth-order valence-electron chi connectivity index (χ4n) is 1.03. The summed E-state index contributed by atoms with van der Waals surface area (Å²) in [6, 6.07) is 0. The van der Waals surface area contributed by atoms with Gasteiger partial charge in [0, 0.05) is 0 Å². The molecule has 1 fully saturated rings. The van der Waals surface area contributed by atoms with E-state index in [1.54, 1.807) is 0 Å². The molecule has 0 aliphatic carbocycles. The van der Waals surface area contributed by atoms with E-state index >= 15 is 0 Å². The van der Waals surface area contributed by atoms with Gasteiger partial charge in [-0.2, -0.15) is 0 Å². The van der Waals surface area contributed by atoms with Crippen LogP contribution in [0.1, 0.15) is 27.2 Å². The van der Waals surface area contributed by atoms with E-state index < -0.39 is 0 Å². The van der Waals surface area contributed by atoms with Crippen LogP contribution in [0.15, 0.2) is 0 Å². The van der Waals surface area contributed by atoms with Crippen molar-refractivity contribution in [3.8, 4) is 0 Å². The Balaban J connectivity index is 0.000000490. The van der Waals surface area contributed by atoms with Crippen molar-refractivity contribution in [2.75, 3.05) is 13.1 Å². The molecule has 1 aliphatic rings. The van der Waals surface area contributed by atoms with Gasteiger partial charge in [-0.05, 0) is 31.8 Å². The summed E-state index contributed by atoms with van der Waals surface area (Å²) in [5, 5.41) is 3.33. The predicted molar refractivity (Wildman–Crippen MR) is 38.0 cm³/mol. The van der Waals surface area contributed by atoms with Crippen LogP contribution in [0.3, 0.4) is 0 Å². The highest BCUT2D eigenvalue weighted by Crippen LogP contribution is 2.06. The standard InChI is InChI=1S/C6H13N.CH4/c1-6-3-2-4-7-5-6;/h6-7H,2-5H2,1H3;1H4. The first-order valence-electron chi connectivity index (χ1n) is 3.10. The number of hydrogen-bond acceptors (Lipinski definition) is 1. The number of hydrogen-bond donors (Lipinski definition) is 1. The summed E-state index contributed by atoms with van der Waals surface area (Å²) in [4.78, 5) is 0. The normalized spacial score (nSPS) is 28.9. The predicted octanol–water partition coefficient (Wildman–Crippen LogP) is 1.64. The molecular formula is C7H17N. The lowest BCUT2D eigenvalue weighted by atomic mass is 10.0. The first kappa shape index (κ1) is 7.96. The van der Waals surface area contributed by atoms with Gasteiger partial charge in [-0.3, -0.25) is 0 Å². The molecule has 0 aromatic carbocycles. The second-order valence-corrected chi connectivity index (χ2v) is 2.45. The maximum absolute atomic E-state index is 3.33. The van der Waals surface area contributed by atoms with Gasteiger partial charge < -0.3 is 5.32 Å². The number of rotatable bonds is 0. The average Bonchev–Trinajstić information content (AvgIpc) is 1.69. The van der Waals surface area contributed by atoms with Gasteiger partial charge >= 0.3 is 0 Å². The van der Waals surface area contributed by atoms with Gasteiger partial charge in [0.05, 0.1) is 0 Å². The SMILES string of the molecule is C.CC1CCCNC1. The molecule has 1 saturated heterocycles. The second-order valence-electron chi connectivity index (χ2n) is 2.45. The smallest absolute Gasteiger partial charge is 0.00231 e. The number of nitrogens with one attached hydrogen (secondary N) is 1. The first-order chi connectivity index (χ1) is 3.39.